The topological polar surface area (TPSA) is 98.7 Å². The molecule has 0 fully saturated rings. The van der Waals surface area contributed by atoms with E-state index in [4.69, 9.17) is 21.8 Å². The summed E-state index contributed by atoms with van der Waals surface area (Å²) in [5.74, 6) is -1.94. The average Bonchev–Trinajstić information content (AvgIpc) is 2.29. The molecule has 1 atom stereocenters. The number of aliphatic hydroxyl groups is 1. The van der Waals surface area contributed by atoms with Gasteiger partial charge in [-0.3, -0.25) is 0 Å². The van der Waals surface area contributed by atoms with Crippen molar-refractivity contribution >= 4 is 29.3 Å². The van der Waals surface area contributed by atoms with Gasteiger partial charge in [0.1, 0.15) is 5.82 Å². The van der Waals surface area contributed by atoms with Gasteiger partial charge in [0, 0.05) is 0 Å². The molecule has 0 spiro atoms. The van der Waals surface area contributed by atoms with Gasteiger partial charge in [0.2, 0.25) is 0 Å². The zero-order valence-electron chi connectivity index (χ0n) is 8.98. The van der Waals surface area contributed by atoms with Crippen molar-refractivity contribution in [2.24, 2.45) is 0 Å². The highest BCUT2D eigenvalue weighted by Crippen LogP contribution is 2.22. The van der Waals surface area contributed by atoms with Crippen LogP contribution in [0.2, 0.25) is 5.02 Å². The Balaban J connectivity index is 2.67. The average molecular weight is 277 g/mol. The number of amides is 2. The standard InChI is InChI=1S/C10H10ClFN2O4/c11-6-3-5(12)1-2-7(6)13-10(18)14-8(4-15)9(16)17/h1-3,8,15H,4H2,(H,16,17)(H2,13,14,18)/t8-/m0/s1. The second-order valence-corrected chi connectivity index (χ2v) is 3.70. The number of hydrogen-bond donors (Lipinski definition) is 4. The monoisotopic (exact) mass is 276 g/mol. The van der Waals surface area contributed by atoms with Gasteiger partial charge in [0.25, 0.3) is 0 Å². The van der Waals surface area contributed by atoms with Crippen molar-refractivity contribution in [3.8, 4) is 0 Å². The highest BCUT2D eigenvalue weighted by atomic mass is 35.5. The van der Waals surface area contributed by atoms with E-state index in [0.717, 1.165) is 12.1 Å². The number of rotatable bonds is 4. The van der Waals surface area contributed by atoms with Crippen LogP contribution in [-0.2, 0) is 4.79 Å². The molecule has 1 aromatic rings. The third-order valence-electron chi connectivity index (χ3n) is 1.97. The van der Waals surface area contributed by atoms with E-state index in [1.807, 2.05) is 5.32 Å². The van der Waals surface area contributed by atoms with Gasteiger partial charge >= 0.3 is 12.0 Å². The zero-order chi connectivity index (χ0) is 13.7. The van der Waals surface area contributed by atoms with E-state index in [9.17, 15) is 14.0 Å². The van der Waals surface area contributed by atoms with E-state index in [0.29, 0.717) is 0 Å². The maximum atomic E-state index is 12.7. The molecule has 98 valence electrons. The van der Waals surface area contributed by atoms with E-state index in [2.05, 4.69) is 5.32 Å². The van der Waals surface area contributed by atoms with Crippen molar-refractivity contribution < 1.29 is 24.2 Å². The fraction of sp³-hybridized carbons (Fsp3) is 0.200. The first kappa shape index (κ1) is 14.2. The van der Waals surface area contributed by atoms with Gasteiger partial charge < -0.3 is 20.8 Å². The van der Waals surface area contributed by atoms with Gasteiger partial charge in [0.05, 0.1) is 17.3 Å². The summed E-state index contributed by atoms with van der Waals surface area (Å²) < 4.78 is 12.7. The van der Waals surface area contributed by atoms with Crippen LogP contribution in [0.25, 0.3) is 0 Å². The van der Waals surface area contributed by atoms with Gasteiger partial charge in [0.15, 0.2) is 6.04 Å². The number of carbonyl (C=O) groups is 2. The molecule has 4 N–H and O–H groups in total. The van der Waals surface area contributed by atoms with Crippen LogP contribution in [-0.4, -0.2) is 34.9 Å². The smallest absolute Gasteiger partial charge is 0.328 e. The lowest BCUT2D eigenvalue weighted by Crippen LogP contribution is -2.45. The molecule has 2 amide bonds. The van der Waals surface area contributed by atoms with Crippen LogP contribution < -0.4 is 10.6 Å². The molecule has 1 aromatic carbocycles. The van der Waals surface area contributed by atoms with Crippen LogP contribution in [0.15, 0.2) is 18.2 Å². The number of carboxylic acid groups (broad SMARTS) is 1. The van der Waals surface area contributed by atoms with E-state index in [-0.39, 0.29) is 10.7 Å². The molecular formula is C10H10ClFN2O4. The molecule has 18 heavy (non-hydrogen) atoms. The number of hydrogen-bond acceptors (Lipinski definition) is 3. The highest BCUT2D eigenvalue weighted by Gasteiger charge is 2.18. The van der Waals surface area contributed by atoms with Crippen molar-refractivity contribution in [3.63, 3.8) is 0 Å². The maximum absolute atomic E-state index is 12.7. The zero-order valence-corrected chi connectivity index (χ0v) is 9.74. The Labute approximate surface area is 106 Å². The molecule has 8 heteroatoms. The Morgan fingerprint density at radius 2 is 2.11 bits per heavy atom. The highest BCUT2D eigenvalue weighted by molar-refractivity contribution is 6.33. The Hall–Kier alpha value is -1.86. The van der Waals surface area contributed by atoms with Gasteiger partial charge in [-0.25, -0.2) is 14.0 Å². The summed E-state index contributed by atoms with van der Waals surface area (Å²) in [5.41, 5.74) is 0.123. The van der Waals surface area contributed by atoms with Crippen molar-refractivity contribution in [2.45, 2.75) is 6.04 Å². The number of carbonyl (C=O) groups excluding carboxylic acids is 1. The number of benzene rings is 1. The number of urea groups is 1. The summed E-state index contributed by atoms with van der Waals surface area (Å²) in [5, 5.41) is 21.5. The number of aliphatic carboxylic acids is 1. The molecule has 0 aliphatic carbocycles. The van der Waals surface area contributed by atoms with E-state index >= 15 is 0 Å². The predicted molar refractivity (Wildman–Crippen MR) is 62.1 cm³/mol. The van der Waals surface area contributed by atoms with Gasteiger partial charge in [-0.1, -0.05) is 11.6 Å². The third-order valence-corrected chi connectivity index (χ3v) is 2.28. The summed E-state index contributed by atoms with van der Waals surface area (Å²) in [6.07, 6.45) is 0. The first-order valence-electron chi connectivity index (χ1n) is 4.80. The molecule has 0 radical (unpaired) electrons. The number of aliphatic hydroxyl groups excluding tert-OH is 1. The first-order valence-corrected chi connectivity index (χ1v) is 5.18. The summed E-state index contributed by atoms with van der Waals surface area (Å²) in [6.45, 7) is -0.750. The second-order valence-electron chi connectivity index (χ2n) is 3.30. The lowest BCUT2D eigenvalue weighted by molar-refractivity contribution is -0.140. The van der Waals surface area contributed by atoms with Crippen LogP contribution in [0, 0.1) is 5.82 Å². The molecule has 0 saturated carbocycles. The maximum Gasteiger partial charge on any atom is 0.328 e. The molecule has 0 aliphatic rings. The Kier molecular flexibility index (Phi) is 4.87. The molecular weight excluding hydrogens is 267 g/mol. The Bertz CT molecular complexity index is 469. The van der Waals surface area contributed by atoms with Gasteiger partial charge in [-0.2, -0.15) is 0 Å². The summed E-state index contributed by atoms with van der Waals surface area (Å²) in [6, 6.07) is 1.01. The minimum absolute atomic E-state index is 0.0268. The van der Waals surface area contributed by atoms with E-state index < -0.39 is 30.5 Å². The fourth-order valence-electron chi connectivity index (χ4n) is 1.09. The lowest BCUT2D eigenvalue weighted by Gasteiger charge is -2.13. The van der Waals surface area contributed by atoms with Gasteiger partial charge in [-0.05, 0) is 18.2 Å². The number of anilines is 1. The summed E-state index contributed by atoms with van der Waals surface area (Å²) in [7, 11) is 0. The quantitative estimate of drug-likeness (QED) is 0.660. The van der Waals surface area contributed by atoms with E-state index in [1.54, 1.807) is 0 Å². The molecule has 0 unspecified atom stereocenters. The summed E-state index contributed by atoms with van der Waals surface area (Å²) >= 11 is 5.66. The summed E-state index contributed by atoms with van der Waals surface area (Å²) in [4.78, 5) is 21.9. The van der Waals surface area contributed by atoms with Crippen molar-refractivity contribution in [2.75, 3.05) is 11.9 Å². The number of halogens is 2. The minimum atomic E-state index is -1.43. The number of carboxylic acids is 1. The van der Waals surface area contributed by atoms with Crippen LogP contribution in [0.4, 0.5) is 14.9 Å². The van der Waals surface area contributed by atoms with Crippen LogP contribution in [0.3, 0.4) is 0 Å². The van der Waals surface area contributed by atoms with Crippen molar-refractivity contribution in [1.29, 1.82) is 0 Å². The van der Waals surface area contributed by atoms with Crippen molar-refractivity contribution in [1.82, 2.24) is 5.32 Å². The first-order chi connectivity index (χ1) is 8.43. The second kappa shape index (κ2) is 6.18. The molecule has 0 bridgehead atoms. The fourth-order valence-corrected chi connectivity index (χ4v) is 1.31. The molecule has 1 rings (SSSR count). The Morgan fingerprint density at radius 3 is 2.61 bits per heavy atom. The van der Waals surface area contributed by atoms with Crippen LogP contribution in [0.1, 0.15) is 0 Å². The van der Waals surface area contributed by atoms with Crippen LogP contribution >= 0.6 is 11.6 Å². The van der Waals surface area contributed by atoms with Crippen molar-refractivity contribution in [3.05, 3.63) is 29.0 Å². The lowest BCUT2D eigenvalue weighted by atomic mass is 10.3. The largest absolute Gasteiger partial charge is 0.480 e. The minimum Gasteiger partial charge on any atom is -0.480 e. The van der Waals surface area contributed by atoms with E-state index in [1.165, 1.54) is 6.07 Å². The third kappa shape index (κ3) is 3.86. The SMILES string of the molecule is O=C(Nc1ccc(F)cc1Cl)N[C@@H](CO)C(=O)O. The van der Waals surface area contributed by atoms with Gasteiger partial charge in [-0.15, -0.1) is 0 Å². The number of nitrogens with one attached hydrogen (secondary N) is 2. The van der Waals surface area contributed by atoms with Crippen LogP contribution in [0.5, 0.6) is 0 Å². The molecule has 6 nitrogen and oxygen atoms in total. The molecule has 0 aliphatic heterocycles. The predicted octanol–water partition coefficient (Wildman–Crippen LogP) is 1.05. The molecule has 0 heterocycles. The molecule has 0 saturated heterocycles. The Morgan fingerprint density at radius 1 is 1.44 bits per heavy atom. The molecule has 0 aromatic heterocycles. The normalized spacial score (nSPS) is 11.7.